The van der Waals surface area contributed by atoms with Crippen LogP contribution in [0.25, 0.3) is 11.3 Å². The lowest BCUT2D eigenvalue weighted by Crippen LogP contribution is -1.87. The van der Waals surface area contributed by atoms with Crippen molar-refractivity contribution in [3.63, 3.8) is 0 Å². The van der Waals surface area contributed by atoms with Crippen molar-refractivity contribution < 1.29 is 0 Å². The summed E-state index contributed by atoms with van der Waals surface area (Å²) in [5.41, 5.74) is 4.65. The normalized spacial score (nSPS) is 11.9. The fourth-order valence-electron chi connectivity index (χ4n) is 1.71. The molecule has 0 saturated carbocycles. The van der Waals surface area contributed by atoms with E-state index in [4.69, 9.17) is 11.6 Å². The maximum atomic E-state index is 5.95. The lowest BCUT2D eigenvalue weighted by Gasteiger charge is -1.98. The number of aromatic nitrogens is 2. The molecule has 0 unspecified atom stereocenters. The molecular weight excluding hydrogens is 210 g/mol. The zero-order chi connectivity index (χ0) is 10.4. The summed E-state index contributed by atoms with van der Waals surface area (Å²) < 4.78 is 0. The highest BCUT2D eigenvalue weighted by atomic mass is 35.5. The Kier molecular flexibility index (Phi) is 1.70. The van der Waals surface area contributed by atoms with Gasteiger partial charge in [0.25, 0.3) is 0 Å². The van der Waals surface area contributed by atoms with Crippen molar-refractivity contribution in [1.82, 2.24) is 15.3 Å². The van der Waals surface area contributed by atoms with Crippen molar-refractivity contribution in [2.45, 2.75) is 6.92 Å². The van der Waals surface area contributed by atoms with Crippen LogP contribution in [0, 0.1) is 6.92 Å². The molecule has 0 N–H and O–H groups in total. The highest BCUT2D eigenvalue weighted by molar-refractivity contribution is 6.32. The summed E-state index contributed by atoms with van der Waals surface area (Å²) in [7, 11) is 0. The van der Waals surface area contributed by atoms with Crippen LogP contribution in [-0.4, -0.2) is 9.97 Å². The van der Waals surface area contributed by atoms with E-state index in [0.717, 1.165) is 16.9 Å². The van der Waals surface area contributed by atoms with Crippen molar-refractivity contribution in [2.24, 2.45) is 0 Å². The number of hydrogen-bond donors (Lipinski definition) is 0. The second-order valence-electron chi connectivity index (χ2n) is 3.49. The SMILES string of the molecule is Cc1ccc2c(c1)-c1ncnc(Cl)c1[N]2. The minimum Gasteiger partial charge on any atom is -0.243 e. The summed E-state index contributed by atoms with van der Waals surface area (Å²) in [5.74, 6) is 0. The van der Waals surface area contributed by atoms with E-state index in [2.05, 4.69) is 21.4 Å². The van der Waals surface area contributed by atoms with E-state index >= 15 is 0 Å². The molecule has 0 spiro atoms. The van der Waals surface area contributed by atoms with Gasteiger partial charge in [0.2, 0.25) is 0 Å². The second-order valence-corrected chi connectivity index (χ2v) is 3.85. The van der Waals surface area contributed by atoms with Crippen molar-refractivity contribution in [1.29, 1.82) is 0 Å². The third-order valence-corrected chi connectivity index (χ3v) is 2.69. The van der Waals surface area contributed by atoms with Crippen LogP contribution >= 0.6 is 11.6 Å². The topological polar surface area (TPSA) is 39.9 Å². The molecule has 3 rings (SSSR count). The first-order valence-electron chi connectivity index (χ1n) is 4.59. The van der Waals surface area contributed by atoms with Gasteiger partial charge in [0, 0.05) is 5.56 Å². The fourth-order valence-corrected chi connectivity index (χ4v) is 1.89. The van der Waals surface area contributed by atoms with Crippen LogP contribution < -0.4 is 5.32 Å². The molecule has 2 heterocycles. The minimum absolute atomic E-state index is 0.411. The standard InChI is InChI=1S/C11H7ClN3/c1-6-2-3-8-7(4-6)9-10(15-8)11(12)14-5-13-9/h2-5H,1H3. The first kappa shape index (κ1) is 8.68. The molecule has 3 nitrogen and oxygen atoms in total. The molecule has 73 valence electrons. The lowest BCUT2D eigenvalue weighted by molar-refractivity contribution is 1.13. The number of halogens is 1. The molecule has 0 amide bonds. The van der Waals surface area contributed by atoms with Gasteiger partial charge in [-0.2, -0.15) is 0 Å². The fraction of sp³-hybridized carbons (Fsp3) is 0.0909. The van der Waals surface area contributed by atoms with Gasteiger partial charge in [-0.3, -0.25) is 0 Å². The van der Waals surface area contributed by atoms with Crippen molar-refractivity contribution >= 4 is 23.0 Å². The maximum Gasteiger partial charge on any atom is 0.158 e. The van der Waals surface area contributed by atoms with E-state index in [1.54, 1.807) is 0 Å². The van der Waals surface area contributed by atoms with Crippen LogP contribution in [0.1, 0.15) is 5.56 Å². The van der Waals surface area contributed by atoms with Gasteiger partial charge in [-0.1, -0.05) is 23.2 Å². The molecule has 0 aliphatic carbocycles. The van der Waals surface area contributed by atoms with E-state index in [-0.39, 0.29) is 0 Å². The Labute approximate surface area is 92.1 Å². The Morgan fingerprint density at radius 2 is 2.07 bits per heavy atom. The molecule has 1 aromatic heterocycles. The van der Waals surface area contributed by atoms with Crippen LogP contribution in [0.3, 0.4) is 0 Å². The summed E-state index contributed by atoms with van der Waals surface area (Å²) in [6.45, 7) is 2.04. The van der Waals surface area contributed by atoms with Gasteiger partial charge in [0.1, 0.15) is 17.7 Å². The second kappa shape index (κ2) is 2.94. The zero-order valence-electron chi connectivity index (χ0n) is 8.03. The average molecular weight is 217 g/mol. The first-order valence-corrected chi connectivity index (χ1v) is 4.97. The van der Waals surface area contributed by atoms with Gasteiger partial charge in [0.15, 0.2) is 5.15 Å². The van der Waals surface area contributed by atoms with Gasteiger partial charge >= 0.3 is 0 Å². The molecular formula is C11H7ClN3. The number of benzene rings is 1. The predicted molar refractivity (Wildman–Crippen MR) is 58.7 cm³/mol. The van der Waals surface area contributed by atoms with E-state index in [9.17, 15) is 0 Å². The van der Waals surface area contributed by atoms with Gasteiger partial charge in [-0.25, -0.2) is 15.3 Å². The third-order valence-electron chi connectivity index (χ3n) is 2.42. The molecule has 1 aliphatic heterocycles. The van der Waals surface area contributed by atoms with E-state index in [0.29, 0.717) is 10.8 Å². The third kappa shape index (κ3) is 1.20. The molecule has 0 atom stereocenters. The maximum absolute atomic E-state index is 5.95. The van der Waals surface area contributed by atoms with Gasteiger partial charge < -0.3 is 0 Å². The lowest BCUT2D eigenvalue weighted by atomic mass is 10.1. The molecule has 0 fully saturated rings. The van der Waals surface area contributed by atoms with Crippen LogP contribution in [0.15, 0.2) is 24.5 Å². The van der Waals surface area contributed by atoms with Crippen LogP contribution in [-0.2, 0) is 0 Å². The molecule has 4 heteroatoms. The Hall–Kier alpha value is -1.61. The summed E-state index contributed by atoms with van der Waals surface area (Å²) in [6.07, 6.45) is 1.47. The molecule has 1 aromatic carbocycles. The summed E-state index contributed by atoms with van der Waals surface area (Å²) in [4.78, 5) is 8.13. The number of rotatable bonds is 0. The molecule has 0 bridgehead atoms. The molecule has 15 heavy (non-hydrogen) atoms. The van der Waals surface area contributed by atoms with Crippen LogP contribution in [0.2, 0.25) is 5.15 Å². The molecule has 0 saturated heterocycles. The smallest absolute Gasteiger partial charge is 0.158 e. The van der Waals surface area contributed by atoms with Crippen molar-refractivity contribution in [2.75, 3.05) is 0 Å². The number of nitrogens with zero attached hydrogens (tertiary/aromatic N) is 3. The molecule has 2 aromatic rings. The van der Waals surface area contributed by atoms with Crippen LogP contribution in [0.5, 0.6) is 0 Å². The predicted octanol–water partition coefficient (Wildman–Crippen LogP) is 2.99. The van der Waals surface area contributed by atoms with Gasteiger partial charge in [-0.15, -0.1) is 0 Å². The zero-order valence-corrected chi connectivity index (χ0v) is 8.78. The van der Waals surface area contributed by atoms with Gasteiger partial charge in [-0.05, 0) is 19.1 Å². The van der Waals surface area contributed by atoms with E-state index in [1.807, 2.05) is 19.1 Å². The monoisotopic (exact) mass is 216 g/mol. The molecule has 1 aliphatic rings. The molecule has 1 radical (unpaired) electrons. The van der Waals surface area contributed by atoms with Crippen LogP contribution in [0.4, 0.5) is 11.4 Å². The first-order chi connectivity index (χ1) is 7.25. The quantitative estimate of drug-likeness (QED) is 0.542. The minimum atomic E-state index is 0.411. The number of fused-ring (bicyclic) bond motifs is 3. The Morgan fingerprint density at radius 3 is 2.93 bits per heavy atom. The van der Waals surface area contributed by atoms with Crippen molar-refractivity contribution in [3.05, 3.63) is 35.2 Å². The van der Waals surface area contributed by atoms with Crippen molar-refractivity contribution in [3.8, 4) is 11.3 Å². The Balaban J connectivity index is 2.31. The Morgan fingerprint density at radius 1 is 1.20 bits per heavy atom. The summed E-state index contributed by atoms with van der Waals surface area (Å²) >= 11 is 5.95. The summed E-state index contributed by atoms with van der Waals surface area (Å²) in [5, 5.41) is 4.81. The highest BCUT2D eigenvalue weighted by Gasteiger charge is 2.23. The average Bonchev–Trinajstić information content (AvgIpc) is 2.58. The largest absolute Gasteiger partial charge is 0.243 e. The van der Waals surface area contributed by atoms with E-state index < -0.39 is 0 Å². The van der Waals surface area contributed by atoms with Gasteiger partial charge in [0.05, 0.1) is 5.69 Å². The Bertz CT molecular complexity index is 552. The number of aryl methyl sites for hydroxylation is 1. The number of hydrogen-bond acceptors (Lipinski definition) is 2. The highest BCUT2D eigenvalue weighted by Crippen LogP contribution is 2.43. The summed E-state index contributed by atoms with van der Waals surface area (Å²) in [6, 6.07) is 6.06. The van der Waals surface area contributed by atoms with E-state index in [1.165, 1.54) is 11.9 Å².